The average Bonchev–Trinajstić information content (AvgIpc) is 2.85. The molecule has 1 aromatic carbocycles. The Balaban J connectivity index is 2.22. The van der Waals surface area contributed by atoms with E-state index in [0.29, 0.717) is 0 Å². The van der Waals surface area contributed by atoms with Crippen molar-refractivity contribution in [2.45, 2.75) is 31.8 Å². The smallest absolute Gasteiger partial charge is 0.0752 e. The minimum atomic E-state index is 0.0780. The third-order valence-corrected chi connectivity index (χ3v) is 3.43. The number of nitrogens with two attached hydrogens (primary N) is 1. The first-order valence-electron chi connectivity index (χ1n) is 6.13. The van der Waals surface area contributed by atoms with Crippen molar-refractivity contribution in [1.82, 2.24) is 5.06 Å². The fourth-order valence-electron chi connectivity index (χ4n) is 2.20. The van der Waals surface area contributed by atoms with Gasteiger partial charge in [0.1, 0.15) is 0 Å². The van der Waals surface area contributed by atoms with Crippen LogP contribution in [0.1, 0.15) is 31.4 Å². The third kappa shape index (κ3) is 2.99. The van der Waals surface area contributed by atoms with Gasteiger partial charge in [0.15, 0.2) is 0 Å². The van der Waals surface area contributed by atoms with Crippen LogP contribution in [-0.4, -0.2) is 24.3 Å². The zero-order valence-corrected chi connectivity index (χ0v) is 10.9. The van der Waals surface area contributed by atoms with Crippen molar-refractivity contribution in [1.29, 1.82) is 0 Å². The molecule has 0 aromatic heterocycles. The van der Waals surface area contributed by atoms with E-state index in [1.807, 2.05) is 29.3 Å². The molecule has 2 atom stereocenters. The van der Waals surface area contributed by atoms with Crippen molar-refractivity contribution in [3.05, 3.63) is 34.9 Å². The van der Waals surface area contributed by atoms with Gasteiger partial charge in [0, 0.05) is 17.6 Å². The molecule has 0 aliphatic carbocycles. The summed E-state index contributed by atoms with van der Waals surface area (Å²) in [5.41, 5.74) is 7.38. The van der Waals surface area contributed by atoms with E-state index in [-0.39, 0.29) is 12.1 Å². The predicted octanol–water partition coefficient (Wildman–Crippen LogP) is 2.76. The fraction of sp³-hybridized carbons (Fsp3) is 0.538. The second-order valence-electron chi connectivity index (χ2n) is 4.40. The van der Waals surface area contributed by atoms with Gasteiger partial charge in [-0.25, -0.2) is 0 Å². The Bertz CT molecular complexity index is 349. The molecule has 17 heavy (non-hydrogen) atoms. The van der Waals surface area contributed by atoms with E-state index in [4.69, 9.17) is 22.2 Å². The van der Waals surface area contributed by atoms with Crippen LogP contribution in [0.3, 0.4) is 0 Å². The van der Waals surface area contributed by atoms with Crippen molar-refractivity contribution < 1.29 is 4.84 Å². The normalized spacial score (nSPS) is 20.4. The lowest BCUT2D eigenvalue weighted by Gasteiger charge is -2.31. The first-order chi connectivity index (χ1) is 8.22. The Morgan fingerprint density at radius 2 is 2.12 bits per heavy atom. The monoisotopic (exact) mass is 254 g/mol. The van der Waals surface area contributed by atoms with Crippen LogP contribution in [0.5, 0.6) is 0 Å². The van der Waals surface area contributed by atoms with Crippen molar-refractivity contribution in [2.75, 3.05) is 13.2 Å². The number of hydrogen-bond acceptors (Lipinski definition) is 3. The SMILES string of the molecule is CCC(N)C(c1ccc(Cl)cc1)N1CCCO1. The summed E-state index contributed by atoms with van der Waals surface area (Å²) in [6.07, 6.45) is 1.99. The molecule has 1 aliphatic rings. The lowest BCUT2D eigenvalue weighted by atomic mass is 9.98. The summed E-state index contributed by atoms with van der Waals surface area (Å²) < 4.78 is 0. The average molecular weight is 255 g/mol. The minimum absolute atomic E-state index is 0.0780. The van der Waals surface area contributed by atoms with Crippen molar-refractivity contribution in [3.63, 3.8) is 0 Å². The number of halogens is 1. The van der Waals surface area contributed by atoms with E-state index < -0.39 is 0 Å². The zero-order chi connectivity index (χ0) is 12.3. The summed E-state index contributed by atoms with van der Waals surface area (Å²) in [6.45, 7) is 3.84. The summed E-state index contributed by atoms with van der Waals surface area (Å²) >= 11 is 5.91. The van der Waals surface area contributed by atoms with Gasteiger partial charge in [0.2, 0.25) is 0 Å². The molecule has 2 rings (SSSR count). The molecule has 2 unspecified atom stereocenters. The predicted molar refractivity (Wildman–Crippen MR) is 69.7 cm³/mol. The Labute approximate surface area is 107 Å². The highest BCUT2D eigenvalue weighted by Gasteiger charge is 2.28. The van der Waals surface area contributed by atoms with Gasteiger partial charge in [-0.2, -0.15) is 5.06 Å². The zero-order valence-electron chi connectivity index (χ0n) is 10.1. The molecule has 4 heteroatoms. The van der Waals surface area contributed by atoms with Gasteiger partial charge in [-0.05, 0) is 30.5 Å². The molecule has 0 spiro atoms. The van der Waals surface area contributed by atoms with Crippen LogP contribution in [0.4, 0.5) is 0 Å². The summed E-state index contributed by atoms with van der Waals surface area (Å²) in [5.74, 6) is 0. The topological polar surface area (TPSA) is 38.5 Å². The Morgan fingerprint density at radius 3 is 2.65 bits per heavy atom. The summed E-state index contributed by atoms with van der Waals surface area (Å²) in [7, 11) is 0. The van der Waals surface area contributed by atoms with Crippen LogP contribution in [0.25, 0.3) is 0 Å². The van der Waals surface area contributed by atoms with Gasteiger partial charge in [-0.3, -0.25) is 4.84 Å². The maximum absolute atomic E-state index is 6.21. The van der Waals surface area contributed by atoms with Gasteiger partial charge < -0.3 is 5.73 Å². The molecule has 3 nitrogen and oxygen atoms in total. The minimum Gasteiger partial charge on any atom is -0.326 e. The van der Waals surface area contributed by atoms with E-state index in [9.17, 15) is 0 Å². The van der Waals surface area contributed by atoms with Crippen LogP contribution in [0.2, 0.25) is 5.02 Å². The highest BCUT2D eigenvalue weighted by Crippen LogP contribution is 2.28. The van der Waals surface area contributed by atoms with Gasteiger partial charge in [0.25, 0.3) is 0 Å². The number of hydroxylamine groups is 2. The van der Waals surface area contributed by atoms with E-state index in [0.717, 1.165) is 31.0 Å². The Morgan fingerprint density at radius 1 is 1.41 bits per heavy atom. The standard InChI is InChI=1S/C13H19ClN2O/c1-2-12(15)13(16-8-3-9-17-16)10-4-6-11(14)7-5-10/h4-7,12-13H,2-3,8-9,15H2,1H3. The quantitative estimate of drug-likeness (QED) is 0.898. The van der Waals surface area contributed by atoms with Crippen LogP contribution in [0.15, 0.2) is 24.3 Å². The van der Waals surface area contributed by atoms with Crippen LogP contribution in [0, 0.1) is 0 Å². The number of hydrogen-bond donors (Lipinski definition) is 1. The van der Waals surface area contributed by atoms with Gasteiger partial charge in [-0.1, -0.05) is 30.7 Å². The molecule has 0 radical (unpaired) electrons. The highest BCUT2D eigenvalue weighted by molar-refractivity contribution is 6.30. The first kappa shape index (κ1) is 12.8. The van der Waals surface area contributed by atoms with Crippen molar-refractivity contribution in [2.24, 2.45) is 5.73 Å². The molecule has 1 aliphatic heterocycles. The van der Waals surface area contributed by atoms with Crippen molar-refractivity contribution >= 4 is 11.6 Å². The van der Waals surface area contributed by atoms with Crippen LogP contribution < -0.4 is 5.73 Å². The maximum atomic E-state index is 6.21. The third-order valence-electron chi connectivity index (χ3n) is 3.18. The molecule has 2 N–H and O–H groups in total. The second-order valence-corrected chi connectivity index (χ2v) is 4.83. The lowest BCUT2D eigenvalue weighted by Crippen LogP contribution is -2.38. The van der Waals surface area contributed by atoms with E-state index >= 15 is 0 Å². The molecule has 1 aromatic rings. The first-order valence-corrected chi connectivity index (χ1v) is 6.50. The molecule has 0 bridgehead atoms. The Hall–Kier alpha value is -0.610. The van der Waals surface area contributed by atoms with E-state index in [1.165, 1.54) is 5.56 Å². The largest absolute Gasteiger partial charge is 0.326 e. The fourth-order valence-corrected chi connectivity index (χ4v) is 2.32. The molecule has 0 saturated carbocycles. The molecule has 1 fully saturated rings. The number of nitrogens with zero attached hydrogens (tertiary/aromatic N) is 1. The molecule has 1 heterocycles. The van der Waals surface area contributed by atoms with Crippen LogP contribution in [-0.2, 0) is 4.84 Å². The van der Waals surface area contributed by atoms with Crippen molar-refractivity contribution in [3.8, 4) is 0 Å². The van der Waals surface area contributed by atoms with Gasteiger partial charge in [0.05, 0.1) is 12.6 Å². The van der Waals surface area contributed by atoms with Crippen LogP contribution >= 0.6 is 11.6 Å². The summed E-state index contributed by atoms with van der Waals surface area (Å²) in [4.78, 5) is 5.64. The lowest BCUT2D eigenvalue weighted by molar-refractivity contribution is -0.148. The highest BCUT2D eigenvalue weighted by atomic mass is 35.5. The summed E-state index contributed by atoms with van der Waals surface area (Å²) in [5, 5.41) is 2.76. The number of benzene rings is 1. The molecular weight excluding hydrogens is 236 g/mol. The Kier molecular flexibility index (Phi) is 4.40. The molecule has 1 saturated heterocycles. The molecule has 94 valence electrons. The number of rotatable bonds is 4. The van der Waals surface area contributed by atoms with E-state index in [2.05, 4.69) is 6.92 Å². The summed E-state index contributed by atoms with van der Waals surface area (Å²) in [6, 6.07) is 8.08. The van der Waals surface area contributed by atoms with Gasteiger partial charge >= 0.3 is 0 Å². The molecule has 0 amide bonds. The van der Waals surface area contributed by atoms with E-state index in [1.54, 1.807) is 0 Å². The second kappa shape index (κ2) is 5.83. The molecular formula is C13H19ClN2O. The maximum Gasteiger partial charge on any atom is 0.0752 e. The van der Waals surface area contributed by atoms with Gasteiger partial charge in [-0.15, -0.1) is 0 Å².